The molecule has 1 atom stereocenters. The Morgan fingerprint density at radius 2 is 1.82 bits per heavy atom. The van der Waals surface area contributed by atoms with Crippen LogP contribution in [0.25, 0.3) is 16.0 Å². The van der Waals surface area contributed by atoms with Crippen molar-refractivity contribution in [2.24, 2.45) is 0 Å². The fourth-order valence-corrected chi connectivity index (χ4v) is 5.69. The quantitative estimate of drug-likeness (QED) is 0.176. The molecule has 1 unspecified atom stereocenters. The van der Waals surface area contributed by atoms with Crippen molar-refractivity contribution in [3.8, 4) is 5.75 Å². The molecule has 3 aromatic carbocycles. The highest BCUT2D eigenvalue weighted by molar-refractivity contribution is 7.22. The van der Waals surface area contributed by atoms with Crippen molar-refractivity contribution in [3.05, 3.63) is 94.1 Å². The Labute approximate surface area is 221 Å². The normalized spacial score (nSPS) is 17.1. The summed E-state index contributed by atoms with van der Waals surface area (Å²) in [6.45, 7) is 5.83. The number of rotatable bonds is 5. The largest absolute Gasteiger partial charge is 0.507 e. The maximum absolute atomic E-state index is 13.9. The van der Waals surface area contributed by atoms with Crippen molar-refractivity contribution in [2.75, 3.05) is 12.0 Å². The first-order chi connectivity index (χ1) is 18.1. The number of anilines is 1. The molecule has 0 aliphatic carbocycles. The SMILES string of the molecule is COc1ccc(/C(O)=C2\C(=O)C(=O)N(c3nc4cc(F)c(F)cc4s3)C2c2cccc(C)c2)cc1C(C)C. The first-order valence-corrected chi connectivity index (χ1v) is 12.7. The average Bonchev–Trinajstić information content (AvgIpc) is 3.40. The number of Topliss-reactive ketones (excluding diaryl/α,β-unsaturated/α-hetero) is 1. The van der Waals surface area contributed by atoms with Crippen LogP contribution in [0, 0.1) is 18.6 Å². The van der Waals surface area contributed by atoms with E-state index in [0.717, 1.165) is 34.6 Å². The fraction of sp³-hybridized carbons (Fsp3) is 0.207. The number of aromatic nitrogens is 1. The number of amides is 1. The predicted molar refractivity (Wildman–Crippen MR) is 143 cm³/mol. The number of benzene rings is 3. The standard InChI is InChI=1S/C29H24F2N2O4S/c1-14(2)18-11-17(8-9-22(18)37-4)26(34)24-25(16-7-5-6-15(3)10-16)33(28(36)27(24)35)29-32-21-12-19(30)20(31)13-23(21)38-29/h5-14,25,34H,1-4H3/b26-24+. The minimum absolute atomic E-state index is 0.0659. The summed E-state index contributed by atoms with van der Waals surface area (Å²) in [5.41, 5.74) is 2.71. The van der Waals surface area contributed by atoms with Crippen molar-refractivity contribution in [1.29, 1.82) is 0 Å². The van der Waals surface area contributed by atoms with Crippen molar-refractivity contribution >= 4 is 44.1 Å². The molecule has 38 heavy (non-hydrogen) atoms. The molecule has 4 aromatic rings. The van der Waals surface area contributed by atoms with Crippen LogP contribution in [0.4, 0.5) is 13.9 Å². The van der Waals surface area contributed by atoms with Gasteiger partial charge in [-0.3, -0.25) is 14.5 Å². The van der Waals surface area contributed by atoms with Crippen LogP contribution < -0.4 is 9.64 Å². The molecule has 6 nitrogen and oxygen atoms in total. The van der Waals surface area contributed by atoms with E-state index in [9.17, 15) is 23.5 Å². The second-order valence-electron chi connectivity index (χ2n) is 9.43. The lowest BCUT2D eigenvalue weighted by molar-refractivity contribution is -0.132. The van der Waals surface area contributed by atoms with Crippen LogP contribution in [0.1, 0.15) is 48.1 Å². The van der Waals surface area contributed by atoms with E-state index < -0.39 is 29.4 Å². The Bertz CT molecular complexity index is 1600. The number of ether oxygens (including phenoxy) is 1. The number of ketones is 1. The maximum Gasteiger partial charge on any atom is 0.301 e. The Morgan fingerprint density at radius 3 is 2.50 bits per heavy atom. The molecule has 1 N–H and O–H groups in total. The molecule has 0 spiro atoms. The van der Waals surface area contributed by atoms with Crippen molar-refractivity contribution in [3.63, 3.8) is 0 Å². The topological polar surface area (TPSA) is 79.7 Å². The van der Waals surface area contributed by atoms with E-state index in [2.05, 4.69) is 4.98 Å². The minimum atomic E-state index is -1.06. The number of aryl methyl sites for hydroxylation is 1. The fourth-order valence-electron chi connectivity index (χ4n) is 4.69. The molecular weight excluding hydrogens is 510 g/mol. The van der Waals surface area contributed by atoms with Gasteiger partial charge in [-0.15, -0.1) is 0 Å². The summed E-state index contributed by atoms with van der Waals surface area (Å²) >= 11 is 0.961. The van der Waals surface area contributed by atoms with Gasteiger partial charge in [-0.05, 0) is 48.2 Å². The highest BCUT2D eigenvalue weighted by Crippen LogP contribution is 2.45. The maximum atomic E-state index is 13.9. The highest BCUT2D eigenvalue weighted by atomic mass is 32.1. The molecule has 1 fully saturated rings. The Hall–Kier alpha value is -4.11. The third kappa shape index (κ3) is 4.22. The van der Waals surface area contributed by atoms with Crippen LogP contribution >= 0.6 is 11.3 Å². The van der Waals surface area contributed by atoms with Crippen molar-refractivity contribution < 1.29 is 28.2 Å². The molecule has 194 valence electrons. The third-order valence-corrected chi connectivity index (χ3v) is 7.57. The number of carbonyl (C=O) groups excluding carboxylic acids is 2. The minimum Gasteiger partial charge on any atom is -0.507 e. The van der Waals surface area contributed by atoms with Gasteiger partial charge in [0.25, 0.3) is 5.78 Å². The van der Waals surface area contributed by atoms with E-state index in [-0.39, 0.29) is 27.9 Å². The third-order valence-electron chi connectivity index (χ3n) is 6.55. The first-order valence-electron chi connectivity index (χ1n) is 11.9. The van der Waals surface area contributed by atoms with Crippen molar-refractivity contribution in [2.45, 2.75) is 32.7 Å². The van der Waals surface area contributed by atoms with Gasteiger partial charge in [0, 0.05) is 11.6 Å². The van der Waals surface area contributed by atoms with Gasteiger partial charge >= 0.3 is 5.91 Å². The van der Waals surface area contributed by atoms with Gasteiger partial charge in [-0.2, -0.15) is 0 Å². The van der Waals surface area contributed by atoms with Crippen LogP contribution in [0.5, 0.6) is 5.75 Å². The van der Waals surface area contributed by atoms with E-state index in [1.54, 1.807) is 37.4 Å². The molecule has 5 rings (SSSR count). The number of methoxy groups -OCH3 is 1. The summed E-state index contributed by atoms with van der Waals surface area (Å²) in [4.78, 5) is 32.4. The molecule has 2 heterocycles. The summed E-state index contributed by atoms with van der Waals surface area (Å²) in [5.74, 6) is -3.50. The number of fused-ring (bicyclic) bond motifs is 1. The zero-order valence-corrected chi connectivity index (χ0v) is 21.9. The van der Waals surface area contributed by atoms with Gasteiger partial charge in [0.2, 0.25) is 0 Å². The number of hydrogen-bond donors (Lipinski definition) is 1. The number of carbonyl (C=O) groups is 2. The molecule has 0 radical (unpaired) electrons. The van der Waals surface area contributed by atoms with Gasteiger partial charge in [-0.1, -0.05) is 55.0 Å². The molecule has 1 aromatic heterocycles. The average molecular weight is 535 g/mol. The van der Waals surface area contributed by atoms with Gasteiger partial charge in [0.1, 0.15) is 11.5 Å². The predicted octanol–water partition coefficient (Wildman–Crippen LogP) is 6.64. The number of thiazole rings is 1. The highest BCUT2D eigenvalue weighted by Gasteiger charge is 2.48. The summed E-state index contributed by atoms with van der Waals surface area (Å²) < 4.78 is 33.5. The number of aliphatic hydroxyl groups excluding tert-OH is 1. The molecule has 1 aliphatic rings. The number of halogens is 2. The van der Waals surface area contributed by atoms with Crippen molar-refractivity contribution in [1.82, 2.24) is 4.98 Å². The smallest absolute Gasteiger partial charge is 0.301 e. The molecular formula is C29H24F2N2O4S. The summed E-state index contributed by atoms with van der Waals surface area (Å²) in [6.07, 6.45) is 0. The number of nitrogens with zero attached hydrogens (tertiary/aromatic N) is 2. The van der Waals surface area contributed by atoms with Crippen LogP contribution in [-0.2, 0) is 9.59 Å². The number of hydrogen-bond acceptors (Lipinski definition) is 6. The zero-order valence-electron chi connectivity index (χ0n) is 21.1. The van der Waals surface area contributed by atoms with E-state index in [4.69, 9.17) is 4.74 Å². The van der Waals surface area contributed by atoms with E-state index in [1.807, 2.05) is 32.9 Å². The monoisotopic (exact) mass is 534 g/mol. The lowest BCUT2D eigenvalue weighted by atomic mass is 9.92. The van der Waals surface area contributed by atoms with E-state index in [0.29, 0.717) is 21.6 Å². The van der Waals surface area contributed by atoms with Gasteiger partial charge < -0.3 is 9.84 Å². The molecule has 1 aliphatic heterocycles. The van der Waals surface area contributed by atoms with Crippen LogP contribution in [0.15, 0.2) is 60.2 Å². The first kappa shape index (κ1) is 25.5. The number of aliphatic hydroxyl groups is 1. The summed E-state index contributed by atoms with van der Waals surface area (Å²) in [7, 11) is 1.56. The van der Waals surface area contributed by atoms with Gasteiger partial charge in [-0.25, -0.2) is 13.8 Å². The Kier molecular flexibility index (Phi) is 6.48. The molecule has 1 saturated heterocycles. The van der Waals surface area contributed by atoms with E-state index >= 15 is 0 Å². The van der Waals surface area contributed by atoms with Crippen LogP contribution in [0.3, 0.4) is 0 Å². The summed E-state index contributed by atoms with van der Waals surface area (Å²) in [6, 6.07) is 13.3. The lowest BCUT2D eigenvalue weighted by Crippen LogP contribution is -2.29. The zero-order chi connectivity index (χ0) is 27.3. The van der Waals surface area contributed by atoms with Gasteiger partial charge in [0.15, 0.2) is 16.8 Å². The lowest BCUT2D eigenvalue weighted by Gasteiger charge is -2.23. The molecule has 9 heteroatoms. The summed E-state index contributed by atoms with van der Waals surface area (Å²) in [5, 5.41) is 11.6. The van der Waals surface area contributed by atoms with Crippen LogP contribution in [0.2, 0.25) is 0 Å². The van der Waals surface area contributed by atoms with E-state index in [1.165, 1.54) is 4.90 Å². The molecule has 0 saturated carbocycles. The van der Waals surface area contributed by atoms with Crippen LogP contribution in [-0.4, -0.2) is 28.9 Å². The molecule has 1 amide bonds. The molecule has 0 bridgehead atoms. The second kappa shape index (κ2) is 9.64. The second-order valence-corrected chi connectivity index (χ2v) is 10.4. The van der Waals surface area contributed by atoms with Gasteiger partial charge in [0.05, 0.1) is 28.9 Å². The Balaban J connectivity index is 1.74. The Morgan fingerprint density at radius 1 is 1.08 bits per heavy atom.